The molecule has 0 unspecified atom stereocenters. The Bertz CT molecular complexity index is 1300. The van der Waals surface area contributed by atoms with Crippen molar-refractivity contribution in [2.45, 2.75) is 122 Å². The smallest absolute Gasteiger partial charge is 0.410 e. The van der Waals surface area contributed by atoms with Crippen LogP contribution in [0.25, 0.3) is 0 Å². The highest BCUT2D eigenvalue weighted by atomic mass is 28.4. The third-order valence-electron chi connectivity index (χ3n) is 8.71. The van der Waals surface area contributed by atoms with Crippen molar-refractivity contribution >= 4 is 20.5 Å². The van der Waals surface area contributed by atoms with Gasteiger partial charge in [-0.15, -0.1) is 0 Å². The highest BCUT2D eigenvalue weighted by molar-refractivity contribution is 6.78. The molecule has 2 aromatic carbocycles. The third kappa shape index (κ3) is 7.00. The molecule has 1 fully saturated rings. The Morgan fingerprint density at radius 2 is 1.65 bits per heavy atom. The fourth-order valence-electron chi connectivity index (χ4n) is 7.03. The van der Waals surface area contributed by atoms with Crippen molar-refractivity contribution in [1.82, 2.24) is 10.2 Å². The Labute approximate surface area is 255 Å². The number of hydrogen-bond acceptors (Lipinski definition) is 5. The molecule has 1 saturated heterocycles. The minimum atomic E-state index is -2.31. The highest BCUT2D eigenvalue weighted by Gasteiger charge is 2.49. The lowest BCUT2D eigenvalue weighted by Gasteiger charge is -2.44. The SMILES string of the molecule is CC(C)[Si](Oc1cccc2c1CN(C(=O)OC(C)(C)C)[C@@H]([C@H]1OC(=O)N[C@H]1Cc1cc(F)cc(F)c1)C2)(C(C)C)C(C)C. The maximum atomic E-state index is 14.0. The molecule has 43 heavy (non-hydrogen) atoms. The van der Waals surface area contributed by atoms with Gasteiger partial charge in [-0.25, -0.2) is 18.4 Å². The van der Waals surface area contributed by atoms with Crippen LogP contribution >= 0.6 is 0 Å². The van der Waals surface area contributed by atoms with Gasteiger partial charge in [0, 0.05) is 11.6 Å². The van der Waals surface area contributed by atoms with Crippen LogP contribution < -0.4 is 9.74 Å². The van der Waals surface area contributed by atoms with Gasteiger partial charge in [0.05, 0.1) is 18.6 Å². The van der Waals surface area contributed by atoms with Gasteiger partial charge in [-0.05, 0) is 79.6 Å². The van der Waals surface area contributed by atoms with Crippen LogP contribution in [0, 0.1) is 11.6 Å². The van der Waals surface area contributed by atoms with Crippen LogP contribution in [-0.4, -0.2) is 49.2 Å². The van der Waals surface area contributed by atoms with E-state index in [4.69, 9.17) is 13.9 Å². The standard InChI is InChI=1S/C33H46F2N2O5Si/c1-19(2)43(20(3)4,21(5)6)42-29-12-10-11-23-16-28(37(18-26(23)29)32(39)41-33(7,8)9)30-27(36-31(38)40-30)15-22-13-24(34)17-25(35)14-22/h10-14,17,19-21,27-28,30H,15-16,18H2,1-9H3,(H,36,38)/t27-,28+,30-/m0/s1. The molecule has 3 atom stereocenters. The largest absolute Gasteiger partial charge is 0.542 e. The van der Waals surface area contributed by atoms with E-state index in [0.717, 1.165) is 22.9 Å². The summed E-state index contributed by atoms with van der Waals surface area (Å²) in [4.78, 5) is 27.9. The van der Waals surface area contributed by atoms with E-state index in [9.17, 15) is 18.4 Å². The molecule has 2 heterocycles. The summed E-state index contributed by atoms with van der Waals surface area (Å²) in [5, 5.41) is 2.80. The normalized spacial score (nSPS) is 20.7. The quantitative estimate of drug-likeness (QED) is 0.305. The molecule has 0 aromatic heterocycles. The zero-order valence-corrected chi connectivity index (χ0v) is 27.8. The predicted molar refractivity (Wildman–Crippen MR) is 165 cm³/mol. The summed E-state index contributed by atoms with van der Waals surface area (Å²) in [6.45, 7) is 19.0. The number of ether oxygens (including phenoxy) is 2. The fourth-order valence-corrected chi connectivity index (χ4v) is 12.3. The van der Waals surface area contributed by atoms with Crippen LogP contribution in [0.4, 0.5) is 18.4 Å². The number of nitrogens with zero attached hydrogens (tertiary/aromatic N) is 1. The zero-order chi connectivity index (χ0) is 31.9. The Balaban J connectivity index is 1.75. The van der Waals surface area contributed by atoms with E-state index < -0.39 is 55.9 Å². The predicted octanol–water partition coefficient (Wildman–Crippen LogP) is 7.90. The van der Waals surface area contributed by atoms with Gasteiger partial charge in [0.2, 0.25) is 0 Å². The van der Waals surface area contributed by atoms with E-state index in [2.05, 4.69) is 46.9 Å². The van der Waals surface area contributed by atoms with Crippen LogP contribution in [0.1, 0.15) is 79.0 Å². The average Bonchev–Trinajstić information content (AvgIpc) is 3.23. The topological polar surface area (TPSA) is 77.1 Å². The molecule has 2 aliphatic heterocycles. The number of fused-ring (bicyclic) bond motifs is 1. The van der Waals surface area contributed by atoms with E-state index in [0.29, 0.717) is 28.6 Å². The van der Waals surface area contributed by atoms with Crippen molar-refractivity contribution in [2.24, 2.45) is 0 Å². The number of carbonyl (C=O) groups is 2. The van der Waals surface area contributed by atoms with Crippen LogP contribution in [0.2, 0.25) is 16.6 Å². The summed E-state index contributed by atoms with van der Waals surface area (Å²) in [5.41, 5.74) is 2.63. The highest BCUT2D eigenvalue weighted by Crippen LogP contribution is 2.45. The first-order chi connectivity index (χ1) is 20.0. The van der Waals surface area contributed by atoms with Gasteiger partial charge in [-0.2, -0.15) is 0 Å². The molecule has 1 N–H and O–H groups in total. The summed E-state index contributed by atoms with van der Waals surface area (Å²) in [6.07, 6.45) is -1.43. The van der Waals surface area contributed by atoms with Gasteiger partial charge < -0.3 is 19.2 Å². The van der Waals surface area contributed by atoms with Gasteiger partial charge in [-0.1, -0.05) is 53.7 Å². The van der Waals surface area contributed by atoms with E-state index in [1.54, 1.807) is 25.7 Å². The summed E-state index contributed by atoms with van der Waals surface area (Å²) >= 11 is 0. The van der Waals surface area contributed by atoms with E-state index in [-0.39, 0.29) is 13.0 Å². The monoisotopic (exact) mass is 616 g/mol. The Kier molecular flexibility index (Phi) is 9.49. The minimum absolute atomic E-state index is 0.130. The molecule has 0 radical (unpaired) electrons. The molecule has 10 heteroatoms. The molecule has 4 rings (SSSR count). The number of alkyl carbamates (subject to hydrolysis) is 1. The summed E-state index contributed by atoms with van der Waals surface area (Å²) in [6, 6.07) is 8.07. The van der Waals surface area contributed by atoms with Gasteiger partial charge in [-0.3, -0.25) is 4.90 Å². The molecule has 2 amide bonds. The second-order valence-electron chi connectivity index (χ2n) is 13.8. The molecule has 0 bridgehead atoms. The molecule has 0 saturated carbocycles. The van der Waals surface area contributed by atoms with Crippen molar-refractivity contribution in [1.29, 1.82) is 0 Å². The summed E-state index contributed by atoms with van der Waals surface area (Å²) in [7, 11) is -2.31. The first-order valence-corrected chi connectivity index (χ1v) is 17.4. The minimum Gasteiger partial charge on any atom is -0.542 e. The van der Waals surface area contributed by atoms with E-state index in [1.165, 1.54) is 12.1 Å². The number of rotatable bonds is 8. The lowest BCUT2D eigenvalue weighted by Crippen LogP contribution is -2.56. The van der Waals surface area contributed by atoms with Crippen LogP contribution in [-0.2, 0) is 28.9 Å². The molecule has 2 aromatic rings. The molecule has 0 spiro atoms. The van der Waals surface area contributed by atoms with E-state index >= 15 is 0 Å². The number of hydrogen-bond donors (Lipinski definition) is 1. The molecule has 236 valence electrons. The Morgan fingerprint density at radius 1 is 1.05 bits per heavy atom. The van der Waals surface area contributed by atoms with Crippen LogP contribution in [0.3, 0.4) is 0 Å². The number of amides is 2. The zero-order valence-electron chi connectivity index (χ0n) is 26.8. The molecule has 2 aliphatic rings. The van der Waals surface area contributed by atoms with Crippen molar-refractivity contribution in [3.05, 3.63) is 64.7 Å². The molecule has 7 nitrogen and oxygen atoms in total. The van der Waals surface area contributed by atoms with Gasteiger partial charge in [0.1, 0.15) is 29.1 Å². The van der Waals surface area contributed by atoms with E-state index in [1.807, 2.05) is 18.2 Å². The van der Waals surface area contributed by atoms with Crippen LogP contribution in [0.15, 0.2) is 36.4 Å². The number of benzene rings is 2. The maximum Gasteiger partial charge on any atom is 0.410 e. The number of carbonyl (C=O) groups excluding carboxylic acids is 2. The number of halogens is 2. The number of cyclic esters (lactones) is 1. The lowest BCUT2D eigenvalue weighted by molar-refractivity contribution is -0.0116. The molecular weight excluding hydrogens is 570 g/mol. The van der Waals surface area contributed by atoms with Gasteiger partial charge >= 0.3 is 12.2 Å². The van der Waals surface area contributed by atoms with Gasteiger partial charge in [0.15, 0.2) is 0 Å². The Hall–Kier alpha value is -3.14. The molecule has 0 aliphatic carbocycles. The second kappa shape index (κ2) is 12.5. The first kappa shape index (κ1) is 32.8. The van der Waals surface area contributed by atoms with Crippen molar-refractivity contribution in [3.8, 4) is 5.75 Å². The van der Waals surface area contributed by atoms with Gasteiger partial charge in [0.25, 0.3) is 8.32 Å². The first-order valence-electron chi connectivity index (χ1n) is 15.2. The number of nitrogens with one attached hydrogen (secondary N) is 1. The Morgan fingerprint density at radius 3 is 2.21 bits per heavy atom. The average molecular weight is 617 g/mol. The third-order valence-corrected chi connectivity index (χ3v) is 14.7. The summed E-state index contributed by atoms with van der Waals surface area (Å²) in [5.74, 6) is -0.620. The fraction of sp³-hybridized carbons (Fsp3) is 0.576. The molecular formula is C33H46F2N2O5Si. The van der Waals surface area contributed by atoms with Crippen LogP contribution in [0.5, 0.6) is 5.75 Å². The maximum absolute atomic E-state index is 14.0. The van der Waals surface area contributed by atoms with Crippen molar-refractivity contribution in [2.75, 3.05) is 0 Å². The van der Waals surface area contributed by atoms with Crippen molar-refractivity contribution < 1.29 is 32.3 Å². The second-order valence-corrected chi connectivity index (χ2v) is 19.2. The lowest BCUT2D eigenvalue weighted by atomic mass is 9.87. The summed E-state index contributed by atoms with van der Waals surface area (Å²) < 4.78 is 46.7. The van der Waals surface area contributed by atoms with Crippen molar-refractivity contribution in [3.63, 3.8) is 0 Å².